The van der Waals surface area contributed by atoms with E-state index >= 15 is 0 Å². The van der Waals surface area contributed by atoms with Crippen LogP contribution in [-0.4, -0.2) is 23.8 Å². The molecule has 0 radical (unpaired) electrons. The van der Waals surface area contributed by atoms with Crippen molar-refractivity contribution in [2.24, 2.45) is 5.41 Å². The molecule has 0 spiro atoms. The second-order valence-corrected chi connectivity index (χ2v) is 6.31. The Morgan fingerprint density at radius 2 is 1.94 bits per heavy atom. The summed E-state index contributed by atoms with van der Waals surface area (Å²) in [4.78, 5) is 14.1. The number of hydrogen-bond donors (Lipinski definition) is 0. The number of hydrogen-bond acceptors (Lipinski definition) is 2. The van der Waals surface area contributed by atoms with Crippen molar-refractivity contribution < 1.29 is 4.79 Å². The van der Waals surface area contributed by atoms with Crippen LogP contribution >= 0.6 is 15.9 Å². The molecule has 0 amide bonds. The van der Waals surface area contributed by atoms with Gasteiger partial charge < -0.3 is 0 Å². The molecule has 1 saturated heterocycles. The summed E-state index contributed by atoms with van der Waals surface area (Å²) in [5.41, 5.74) is 1.12. The maximum absolute atomic E-state index is 11.7. The van der Waals surface area contributed by atoms with E-state index in [1.165, 1.54) is 5.56 Å². The molecular formula is C14H18BrNO. The summed E-state index contributed by atoms with van der Waals surface area (Å²) in [6, 6.07) is 8.40. The second-order valence-electron chi connectivity index (χ2n) is 5.39. The van der Waals surface area contributed by atoms with Gasteiger partial charge in [-0.25, -0.2) is 0 Å². The first kappa shape index (κ1) is 12.8. The van der Waals surface area contributed by atoms with Crippen molar-refractivity contribution in [1.29, 1.82) is 0 Å². The molecule has 2 nitrogen and oxygen atoms in total. The molecule has 0 aliphatic carbocycles. The molecule has 3 heteroatoms. The first-order chi connectivity index (χ1) is 7.97. The van der Waals surface area contributed by atoms with E-state index in [0.717, 1.165) is 24.1 Å². The molecule has 1 heterocycles. The van der Waals surface area contributed by atoms with Crippen molar-refractivity contribution in [1.82, 2.24) is 4.90 Å². The summed E-state index contributed by atoms with van der Waals surface area (Å²) in [7, 11) is 0. The molecule has 92 valence electrons. The maximum Gasteiger partial charge on any atom is 0.141 e. The summed E-state index contributed by atoms with van der Waals surface area (Å²) in [6.07, 6.45) is 0.684. The van der Waals surface area contributed by atoms with Crippen LogP contribution < -0.4 is 0 Å². The maximum atomic E-state index is 11.7. The van der Waals surface area contributed by atoms with E-state index in [2.05, 4.69) is 45.1 Å². The molecule has 0 saturated carbocycles. The fourth-order valence-corrected chi connectivity index (χ4v) is 2.57. The molecule has 1 fully saturated rings. The van der Waals surface area contributed by atoms with Crippen molar-refractivity contribution >= 4 is 21.7 Å². The molecule has 1 aromatic rings. The number of piperidine rings is 1. The van der Waals surface area contributed by atoms with Crippen LogP contribution in [0, 0.1) is 5.41 Å². The summed E-state index contributed by atoms with van der Waals surface area (Å²) < 4.78 is 1.11. The highest BCUT2D eigenvalue weighted by Gasteiger charge is 2.33. The van der Waals surface area contributed by atoms with Gasteiger partial charge in [0.15, 0.2) is 0 Å². The quantitative estimate of drug-likeness (QED) is 0.835. The normalized spacial score (nSPS) is 20.5. The number of benzene rings is 1. The standard InChI is InChI=1S/C14H18BrNO/c1-14(2)10-16(8-7-13(14)17)9-11-3-5-12(15)6-4-11/h3-6H,7-10H2,1-2H3. The lowest BCUT2D eigenvalue weighted by molar-refractivity contribution is -0.131. The second kappa shape index (κ2) is 4.91. The van der Waals surface area contributed by atoms with Crippen molar-refractivity contribution in [3.8, 4) is 0 Å². The van der Waals surface area contributed by atoms with Crippen molar-refractivity contribution in [2.75, 3.05) is 13.1 Å². The Hall–Kier alpha value is -0.670. The number of Topliss-reactive ketones (excluding diaryl/α,β-unsaturated/α-hetero) is 1. The van der Waals surface area contributed by atoms with E-state index in [1.54, 1.807) is 0 Å². The molecule has 0 N–H and O–H groups in total. The zero-order valence-electron chi connectivity index (χ0n) is 10.4. The average molecular weight is 296 g/mol. The highest BCUT2D eigenvalue weighted by atomic mass is 79.9. The van der Waals surface area contributed by atoms with E-state index < -0.39 is 0 Å². The van der Waals surface area contributed by atoms with Gasteiger partial charge >= 0.3 is 0 Å². The zero-order valence-corrected chi connectivity index (χ0v) is 12.0. The number of carbonyl (C=O) groups excluding carboxylic acids is 1. The van der Waals surface area contributed by atoms with Crippen LogP contribution in [0.1, 0.15) is 25.8 Å². The van der Waals surface area contributed by atoms with Gasteiger partial charge in [-0.2, -0.15) is 0 Å². The number of likely N-dealkylation sites (tertiary alicyclic amines) is 1. The minimum Gasteiger partial charge on any atom is -0.299 e. The van der Waals surface area contributed by atoms with Crippen LogP contribution in [0.5, 0.6) is 0 Å². The Kier molecular flexibility index (Phi) is 3.69. The number of rotatable bonds is 2. The summed E-state index contributed by atoms with van der Waals surface area (Å²) >= 11 is 3.44. The Balaban J connectivity index is 2.01. The van der Waals surface area contributed by atoms with Gasteiger partial charge in [0.1, 0.15) is 5.78 Å². The number of ketones is 1. The smallest absolute Gasteiger partial charge is 0.141 e. The van der Waals surface area contributed by atoms with Crippen LogP contribution in [-0.2, 0) is 11.3 Å². The van der Waals surface area contributed by atoms with E-state index in [4.69, 9.17) is 0 Å². The monoisotopic (exact) mass is 295 g/mol. The number of carbonyl (C=O) groups is 1. The molecule has 0 aromatic heterocycles. The average Bonchev–Trinajstić information content (AvgIpc) is 2.26. The minimum absolute atomic E-state index is 0.187. The number of nitrogens with zero attached hydrogens (tertiary/aromatic N) is 1. The summed E-state index contributed by atoms with van der Waals surface area (Å²) in [6.45, 7) is 6.77. The molecule has 1 aliphatic rings. The highest BCUT2D eigenvalue weighted by molar-refractivity contribution is 9.10. The Morgan fingerprint density at radius 3 is 2.53 bits per heavy atom. The van der Waals surface area contributed by atoms with Gasteiger partial charge in [-0.1, -0.05) is 41.9 Å². The van der Waals surface area contributed by atoms with Gasteiger partial charge in [-0.15, -0.1) is 0 Å². The lowest BCUT2D eigenvalue weighted by Crippen LogP contribution is -2.45. The van der Waals surface area contributed by atoms with Crippen LogP contribution in [0.2, 0.25) is 0 Å². The van der Waals surface area contributed by atoms with Gasteiger partial charge in [0.05, 0.1) is 0 Å². The molecule has 17 heavy (non-hydrogen) atoms. The third kappa shape index (κ3) is 3.17. The third-order valence-corrected chi connectivity index (χ3v) is 3.88. The highest BCUT2D eigenvalue weighted by Crippen LogP contribution is 2.26. The van der Waals surface area contributed by atoms with Gasteiger partial charge in [0, 0.05) is 35.9 Å². The fraction of sp³-hybridized carbons (Fsp3) is 0.500. The summed E-state index contributed by atoms with van der Waals surface area (Å²) in [5.74, 6) is 0.393. The molecule has 2 rings (SSSR count). The third-order valence-electron chi connectivity index (χ3n) is 3.35. The Morgan fingerprint density at radius 1 is 1.29 bits per heavy atom. The predicted octanol–water partition coefficient (Wildman–Crippen LogP) is 3.25. The molecule has 0 unspecified atom stereocenters. The van der Waals surface area contributed by atoms with Crippen LogP contribution in [0.15, 0.2) is 28.7 Å². The largest absolute Gasteiger partial charge is 0.299 e. The van der Waals surface area contributed by atoms with Crippen molar-refractivity contribution in [2.45, 2.75) is 26.8 Å². The van der Waals surface area contributed by atoms with E-state index in [1.807, 2.05) is 13.8 Å². The molecule has 0 atom stereocenters. The first-order valence-electron chi connectivity index (χ1n) is 5.97. The first-order valence-corrected chi connectivity index (χ1v) is 6.77. The van der Waals surface area contributed by atoms with Gasteiger partial charge in [0.2, 0.25) is 0 Å². The Bertz CT molecular complexity index is 411. The SMILES string of the molecule is CC1(C)CN(Cc2ccc(Br)cc2)CCC1=O. The molecule has 1 aromatic carbocycles. The van der Waals surface area contributed by atoms with E-state index in [9.17, 15) is 4.79 Å². The Labute approximate surface area is 111 Å². The van der Waals surface area contributed by atoms with Crippen LogP contribution in [0.4, 0.5) is 0 Å². The van der Waals surface area contributed by atoms with Crippen LogP contribution in [0.25, 0.3) is 0 Å². The van der Waals surface area contributed by atoms with E-state index in [0.29, 0.717) is 12.2 Å². The molecule has 0 bridgehead atoms. The minimum atomic E-state index is -0.187. The van der Waals surface area contributed by atoms with Crippen LogP contribution in [0.3, 0.4) is 0 Å². The van der Waals surface area contributed by atoms with E-state index in [-0.39, 0.29) is 5.41 Å². The van der Waals surface area contributed by atoms with Gasteiger partial charge in [-0.05, 0) is 17.7 Å². The van der Waals surface area contributed by atoms with Gasteiger partial charge in [0.25, 0.3) is 0 Å². The topological polar surface area (TPSA) is 20.3 Å². The van der Waals surface area contributed by atoms with Gasteiger partial charge in [-0.3, -0.25) is 9.69 Å². The van der Waals surface area contributed by atoms with Crippen molar-refractivity contribution in [3.05, 3.63) is 34.3 Å². The fourth-order valence-electron chi connectivity index (χ4n) is 2.31. The summed E-state index contributed by atoms with van der Waals surface area (Å²) in [5, 5.41) is 0. The predicted molar refractivity (Wildman–Crippen MR) is 72.8 cm³/mol. The molecule has 1 aliphatic heterocycles. The lowest BCUT2D eigenvalue weighted by Gasteiger charge is -2.36. The number of halogens is 1. The van der Waals surface area contributed by atoms with Crippen molar-refractivity contribution in [3.63, 3.8) is 0 Å². The lowest BCUT2D eigenvalue weighted by atomic mass is 9.82. The molecular weight excluding hydrogens is 278 g/mol. The zero-order chi connectivity index (χ0) is 12.5.